The number of imide groups is 2. The Morgan fingerprint density at radius 1 is 1.06 bits per heavy atom. The number of hydrogen-bond donors (Lipinski definition) is 2. The second kappa shape index (κ2) is 9.82. The molecule has 0 spiro atoms. The zero-order valence-corrected chi connectivity index (χ0v) is 17.9. The molecule has 0 unspecified atom stereocenters. The van der Waals surface area contributed by atoms with Crippen LogP contribution in [0.5, 0.6) is 17.2 Å². The molecule has 1 aliphatic rings. The van der Waals surface area contributed by atoms with E-state index in [1.807, 2.05) is 6.92 Å². The molecule has 2 aromatic carbocycles. The molecule has 1 fully saturated rings. The van der Waals surface area contributed by atoms with E-state index in [0.717, 1.165) is 4.90 Å². The van der Waals surface area contributed by atoms with Crippen molar-refractivity contribution < 1.29 is 29.0 Å². The Morgan fingerprint density at radius 2 is 1.75 bits per heavy atom. The highest BCUT2D eigenvalue weighted by molar-refractivity contribution is 6.39. The van der Waals surface area contributed by atoms with Crippen LogP contribution in [0, 0.1) is 0 Å². The number of urea groups is 1. The van der Waals surface area contributed by atoms with Crippen molar-refractivity contribution in [2.45, 2.75) is 20.3 Å². The summed E-state index contributed by atoms with van der Waals surface area (Å²) in [7, 11) is 0. The SMILES string of the molecule is C=CCc1cc(C=C2C(=O)NC(=O)N(c3ccc(OCC)cc3)C2=O)cc(OCC)c1O. The van der Waals surface area contributed by atoms with E-state index in [1.54, 1.807) is 43.3 Å². The van der Waals surface area contributed by atoms with Crippen LogP contribution >= 0.6 is 0 Å². The summed E-state index contributed by atoms with van der Waals surface area (Å²) in [5, 5.41) is 12.6. The summed E-state index contributed by atoms with van der Waals surface area (Å²) in [6, 6.07) is 8.71. The van der Waals surface area contributed by atoms with Crippen LogP contribution in [0.1, 0.15) is 25.0 Å². The van der Waals surface area contributed by atoms with E-state index in [-0.39, 0.29) is 17.1 Å². The lowest BCUT2D eigenvalue weighted by Gasteiger charge is -2.26. The molecule has 1 heterocycles. The van der Waals surface area contributed by atoms with Gasteiger partial charge in [-0.1, -0.05) is 6.08 Å². The largest absolute Gasteiger partial charge is 0.504 e. The molecule has 1 aliphatic heterocycles. The number of benzene rings is 2. The molecule has 3 rings (SSSR count). The number of amides is 4. The van der Waals surface area contributed by atoms with E-state index in [2.05, 4.69) is 11.9 Å². The third-order valence-corrected chi connectivity index (χ3v) is 4.66. The van der Waals surface area contributed by atoms with Gasteiger partial charge in [0.05, 0.1) is 18.9 Å². The van der Waals surface area contributed by atoms with Crippen LogP contribution in [0.3, 0.4) is 0 Å². The van der Waals surface area contributed by atoms with Crippen LogP contribution < -0.4 is 19.7 Å². The first-order valence-electron chi connectivity index (χ1n) is 10.1. The van der Waals surface area contributed by atoms with Gasteiger partial charge in [0.25, 0.3) is 11.8 Å². The Balaban J connectivity index is 2.01. The van der Waals surface area contributed by atoms with Crippen molar-refractivity contribution >= 4 is 29.6 Å². The predicted molar refractivity (Wildman–Crippen MR) is 120 cm³/mol. The minimum absolute atomic E-state index is 0.0282. The summed E-state index contributed by atoms with van der Waals surface area (Å²) in [4.78, 5) is 38.8. The number of phenolic OH excluding ortho intramolecular Hbond substituents is 1. The molecule has 0 aromatic heterocycles. The van der Waals surface area contributed by atoms with Crippen LogP contribution in [0.15, 0.2) is 54.6 Å². The van der Waals surface area contributed by atoms with Gasteiger partial charge < -0.3 is 14.6 Å². The third-order valence-electron chi connectivity index (χ3n) is 4.66. The number of carbonyl (C=O) groups is 3. The maximum Gasteiger partial charge on any atom is 0.335 e. The lowest BCUT2D eigenvalue weighted by molar-refractivity contribution is -0.122. The molecule has 0 atom stereocenters. The Hall–Kier alpha value is -4.07. The monoisotopic (exact) mass is 436 g/mol. The van der Waals surface area contributed by atoms with Gasteiger partial charge in [-0.3, -0.25) is 14.9 Å². The molecule has 1 saturated heterocycles. The molecule has 8 nitrogen and oxygen atoms in total. The van der Waals surface area contributed by atoms with Crippen molar-refractivity contribution in [1.82, 2.24) is 5.32 Å². The first-order valence-corrected chi connectivity index (χ1v) is 10.1. The molecule has 2 aromatic rings. The lowest BCUT2D eigenvalue weighted by Crippen LogP contribution is -2.54. The molecule has 0 saturated carbocycles. The Labute approximate surface area is 185 Å². The molecule has 0 radical (unpaired) electrons. The van der Waals surface area contributed by atoms with Crippen molar-refractivity contribution in [2.75, 3.05) is 18.1 Å². The number of nitrogens with one attached hydrogen (secondary N) is 1. The third kappa shape index (κ3) is 4.64. The highest BCUT2D eigenvalue weighted by Crippen LogP contribution is 2.33. The summed E-state index contributed by atoms with van der Waals surface area (Å²) in [5.41, 5.74) is 1.06. The molecule has 0 bridgehead atoms. The van der Waals surface area contributed by atoms with Crippen molar-refractivity contribution in [3.8, 4) is 17.2 Å². The summed E-state index contributed by atoms with van der Waals surface area (Å²) >= 11 is 0. The number of allylic oxidation sites excluding steroid dienone is 1. The quantitative estimate of drug-likeness (QED) is 0.372. The van der Waals surface area contributed by atoms with Gasteiger partial charge in [0, 0.05) is 5.56 Å². The second-order valence-electron chi connectivity index (χ2n) is 6.84. The smallest absolute Gasteiger partial charge is 0.335 e. The molecule has 32 heavy (non-hydrogen) atoms. The summed E-state index contributed by atoms with van der Waals surface area (Å²) in [6.07, 6.45) is 3.34. The number of nitrogens with zero attached hydrogens (tertiary/aromatic N) is 1. The van der Waals surface area contributed by atoms with E-state index in [1.165, 1.54) is 12.1 Å². The Morgan fingerprint density at radius 3 is 2.38 bits per heavy atom. The van der Waals surface area contributed by atoms with E-state index in [4.69, 9.17) is 9.47 Å². The van der Waals surface area contributed by atoms with Gasteiger partial charge in [-0.05, 0) is 68.3 Å². The minimum Gasteiger partial charge on any atom is -0.504 e. The number of carbonyl (C=O) groups excluding carboxylic acids is 3. The topological polar surface area (TPSA) is 105 Å². The predicted octanol–water partition coefficient (Wildman–Crippen LogP) is 3.58. The van der Waals surface area contributed by atoms with Gasteiger partial charge in [0.2, 0.25) is 0 Å². The van der Waals surface area contributed by atoms with Gasteiger partial charge in [0.1, 0.15) is 11.3 Å². The van der Waals surface area contributed by atoms with E-state index in [9.17, 15) is 19.5 Å². The Kier molecular flexibility index (Phi) is 6.94. The Bertz CT molecular complexity index is 1090. The number of phenols is 1. The van der Waals surface area contributed by atoms with E-state index in [0.29, 0.717) is 42.2 Å². The molecule has 166 valence electrons. The minimum atomic E-state index is -0.839. The fraction of sp³-hybridized carbons (Fsp3) is 0.208. The average molecular weight is 436 g/mol. The van der Waals surface area contributed by atoms with Crippen molar-refractivity contribution in [3.63, 3.8) is 0 Å². The van der Waals surface area contributed by atoms with Gasteiger partial charge in [-0.2, -0.15) is 0 Å². The number of rotatable bonds is 8. The first kappa shape index (κ1) is 22.6. The number of hydrogen-bond acceptors (Lipinski definition) is 6. The molecule has 2 N–H and O–H groups in total. The summed E-state index contributed by atoms with van der Waals surface area (Å²) in [6.45, 7) is 8.09. The van der Waals surface area contributed by atoms with Gasteiger partial charge in [-0.25, -0.2) is 9.69 Å². The van der Waals surface area contributed by atoms with Crippen molar-refractivity contribution in [3.05, 3.63) is 65.8 Å². The zero-order chi connectivity index (χ0) is 23.3. The number of barbiturate groups is 1. The summed E-state index contributed by atoms with van der Waals surface area (Å²) in [5.74, 6) is -0.783. The van der Waals surface area contributed by atoms with Crippen LogP contribution in [0.2, 0.25) is 0 Å². The fourth-order valence-corrected chi connectivity index (χ4v) is 3.27. The van der Waals surface area contributed by atoms with E-state index < -0.39 is 17.8 Å². The molecule has 0 aliphatic carbocycles. The number of aromatic hydroxyl groups is 1. The van der Waals surface area contributed by atoms with Crippen LogP contribution in [0.4, 0.5) is 10.5 Å². The maximum absolute atomic E-state index is 13.1. The molecule has 8 heteroatoms. The lowest BCUT2D eigenvalue weighted by atomic mass is 10.0. The van der Waals surface area contributed by atoms with Crippen LogP contribution in [-0.2, 0) is 16.0 Å². The highest BCUT2D eigenvalue weighted by Gasteiger charge is 2.36. The zero-order valence-electron chi connectivity index (χ0n) is 17.9. The number of ether oxygens (including phenoxy) is 2. The van der Waals surface area contributed by atoms with Gasteiger partial charge in [0.15, 0.2) is 11.5 Å². The van der Waals surface area contributed by atoms with Crippen LogP contribution in [0.25, 0.3) is 6.08 Å². The van der Waals surface area contributed by atoms with Gasteiger partial charge >= 0.3 is 6.03 Å². The van der Waals surface area contributed by atoms with Gasteiger partial charge in [-0.15, -0.1) is 6.58 Å². The standard InChI is InChI=1S/C24H24N2O6/c1-4-7-16-12-15(14-20(21(16)27)32-6-3)13-19-22(28)25-24(30)26(23(19)29)17-8-10-18(11-9-17)31-5-2/h4,8-14,27H,1,5-7H2,2-3H3,(H,25,28,30). The maximum atomic E-state index is 13.1. The van der Waals surface area contributed by atoms with E-state index >= 15 is 0 Å². The molecule has 4 amide bonds. The van der Waals surface area contributed by atoms with Crippen molar-refractivity contribution in [2.24, 2.45) is 0 Å². The fourth-order valence-electron chi connectivity index (χ4n) is 3.27. The van der Waals surface area contributed by atoms with Crippen LogP contribution in [-0.4, -0.2) is 36.2 Å². The second-order valence-corrected chi connectivity index (χ2v) is 6.84. The molecular formula is C24H24N2O6. The average Bonchev–Trinajstić information content (AvgIpc) is 2.76. The number of anilines is 1. The highest BCUT2D eigenvalue weighted by atomic mass is 16.5. The van der Waals surface area contributed by atoms with Crippen molar-refractivity contribution in [1.29, 1.82) is 0 Å². The summed E-state index contributed by atoms with van der Waals surface area (Å²) < 4.78 is 10.9. The normalized spacial score (nSPS) is 15.0. The first-order chi connectivity index (χ1) is 15.4. The molecular weight excluding hydrogens is 412 g/mol.